The second-order valence-electron chi connectivity index (χ2n) is 7.65. The number of furan rings is 1. The fourth-order valence-electron chi connectivity index (χ4n) is 3.92. The summed E-state index contributed by atoms with van der Waals surface area (Å²) in [5.41, 5.74) is 0.393. The highest BCUT2D eigenvalue weighted by Gasteiger charge is 2.30. The van der Waals surface area contributed by atoms with Gasteiger partial charge >= 0.3 is 0 Å². The standard InChI is InChI=1S/C20H29N3O4/c1-14(21-19(25)16-9-12-27-13-16)18(24)22-17-7-10-23(11-8-17)20(26)15-5-3-2-4-6-15/h9,12-15,17H,2-8,10-11H2,1H3,(H,21,25)(H,22,24). The topological polar surface area (TPSA) is 91.7 Å². The van der Waals surface area contributed by atoms with Gasteiger partial charge in [-0.25, -0.2) is 0 Å². The molecule has 0 aromatic carbocycles. The van der Waals surface area contributed by atoms with Crippen LogP contribution in [-0.4, -0.2) is 47.8 Å². The third kappa shape index (κ3) is 5.11. The van der Waals surface area contributed by atoms with E-state index in [1.165, 1.54) is 18.9 Å². The first kappa shape index (κ1) is 19.5. The number of carbonyl (C=O) groups excluding carboxylic acids is 3. The van der Waals surface area contributed by atoms with Gasteiger partial charge in [0, 0.05) is 25.0 Å². The lowest BCUT2D eigenvalue weighted by molar-refractivity contribution is -0.137. The van der Waals surface area contributed by atoms with E-state index in [4.69, 9.17) is 4.42 Å². The van der Waals surface area contributed by atoms with Crippen molar-refractivity contribution < 1.29 is 18.8 Å². The molecule has 1 aliphatic heterocycles. The molecule has 7 nitrogen and oxygen atoms in total. The van der Waals surface area contributed by atoms with Crippen LogP contribution in [0.5, 0.6) is 0 Å². The van der Waals surface area contributed by atoms with Crippen molar-refractivity contribution in [2.45, 2.75) is 64.0 Å². The highest BCUT2D eigenvalue weighted by atomic mass is 16.3. The largest absolute Gasteiger partial charge is 0.472 e. The van der Waals surface area contributed by atoms with E-state index in [2.05, 4.69) is 10.6 Å². The number of piperidine rings is 1. The molecule has 2 heterocycles. The van der Waals surface area contributed by atoms with Crippen LogP contribution in [0.25, 0.3) is 0 Å². The van der Waals surface area contributed by atoms with E-state index in [0.29, 0.717) is 24.6 Å². The summed E-state index contributed by atoms with van der Waals surface area (Å²) in [6.45, 7) is 3.04. The molecule has 3 rings (SSSR count). The Morgan fingerprint density at radius 3 is 2.44 bits per heavy atom. The molecular weight excluding hydrogens is 346 g/mol. The molecule has 1 aromatic heterocycles. The lowest BCUT2D eigenvalue weighted by atomic mass is 9.87. The predicted molar refractivity (Wildman–Crippen MR) is 100.0 cm³/mol. The molecule has 1 saturated carbocycles. The van der Waals surface area contributed by atoms with Gasteiger partial charge in [0.25, 0.3) is 5.91 Å². The monoisotopic (exact) mass is 375 g/mol. The Morgan fingerprint density at radius 2 is 1.81 bits per heavy atom. The molecule has 7 heteroatoms. The average Bonchev–Trinajstić information content (AvgIpc) is 3.23. The second kappa shape index (κ2) is 9.06. The van der Waals surface area contributed by atoms with Crippen molar-refractivity contribution in [3.63, 3.8) is 0 Å². The summed E-state index contributed by atoms with van der Waals surface area (Å²) in [6.07, 6.45) is 9.87. The lowest BCUT2D eigenvalue weighted by Gasteiger charge is -2.35. The van der Waals surface area contributed by atoms with Gasteiger partial charge in [0.2, 0.25) is 11.8 Å². The van der Waals surface area contributed by atoms with Gasteiger partial charge in [0.1, 0.15) is 12.3 Å². The fourth-order valence-corrected chi connectivity index (χ4v) is 3.92. The van der Waals surface area contributed by atoms with Crippen LogP contribution in [-0.2, 0) is 9.59 Å². The van der Waals surface area contributed by atoms with Crippen molar-refractivity contribution in [1.82, 2.24) is 15.5 Å². The minimum atomic E-state index is -0.630. The molecule has 2 aliphatic rings. The van der Waals surface area contributed by atoms with Crippen molar-refractivity contribution in [1.29, 1.82) is 0 Å². The summed E-state index contributed by atoms with van der Waals surface area (Å²) in [5.74, 6) is -0.0496. The average molecular weight is 375 g/mol. The summed E-state index contributed by atoms with van der Waals surface area (Å²) in [5, 5.41) is 5.66. The van der Waals surface area contributed by atoms with Gasteiger partial charge in [-0.1, -0.05) is 19.3 Å². The highest BCUT2D eigenvalue weighted by molar-refractivity contribution is 5.97. The summed E-state index contributed by atoms with van der Waals surface area (Å²) in [7, 11) is 0. The van der Waals surface area contributed by atoms with Crippen molar-refractivity contribution in [2.24, 2.45) is 5.92 Å². The zero-order valence-electron chi connectivity index (χ0n) is 15.9. The zero-order valence-corrected chi connectivity index (χ0v) is 15.9. The van der Waals surface area contributed by atoms with Crippen LogP contribution in [0.15, 0.2) is 23.0 Å². The number of carbonyl (C=O) groups is 3. The predicted octanol–water partition coefficient (Wildman–Crippen LogP) is 2.09. The van der Waals surface area contributed by atoms with Gasteiger partial charge in [-0.15, -0.1) is 0 Å². The molecule has 0 bridgehead atoms. The van der Waals surface area contributed by atoms with E-state index >= 15 is 0 Å². The van der Waals surface area contributed by atoms with Crippen LogP contribution in [0, 0.1) is 5.92 Å². The number of hydrogen-bond acceptors (Lipinski definition) is 4. The van der Waals surface area contributed by atoms with Gasteiger partial charge < -0.3 is 20.0 Å². The number of hydrogen-bond donors (Lipinski definition) is 2. The second-order valence-corrected chi connectivity index (χ2v) is 7.65. The van der Waals surface area contributed by atoms with Crippen molar-refractivity contribution >= 4 is 17.7 Å². The molecule has 1 atom stereocenters. The third-order valence-corrected chi connectivity index (χ3v) is 5.63. The number of amides is 3. The number of likely N-dealkylation sites (tertiary alicyclic amines) is 1. The van der Waals surface area contributed by atoms with Crippen molar-refractivity contribution in [2.75, 3.05) is 13.1 Å². The molecule has 0 spiro atoms. The van der Waals surface area contributed by atoms with E-state index < -0.39 is 6.04 Å². The van der Waals surface area contributed by atoms with Gasteiger partial charge in [-0.05, 0) is 38.7 Å². The number of nitrogens with zero attached hydrogens (tertiary/aromatic N) is 1. The molecule has 1 unspecified atom stereocenters. The Hall–Kier alpha value is -2.31. The van der Waals surface area contributed by atoms with Gasteiger partial charge in [-0.3, -0.25) is 14.4 Å². The highest BCUT2D eigenvalue weighted by Crippen LogP contribution is 2.26. The molecule has 27 heavy (non-hydrogen) atoms. The van der Waals surface area contributed by atoms with E-state index in [9.17, 15) is 14.4 Å². The smallest absolute Gasteiger partial charge is 0.255 e. The van der Waals surface area contributed by atoms with Crippen LogP contribution < -0.4 is 10.6 Å². The minimum absolute atomic E-state index is 0.0428. The first-order chi connectivity index (χ1) is 13.0. The normalized spacial score (nSPS) is 20.1. The molecule has 1 aliphatic carbocycles. The van der Waals surface area contributed by atoms with Gasteiger partial charge in [0.15, 0.2) is 0 Å². The summed E-state index contributed by atoms with van der Waals surface area (Å²) in [6, 6.07) is 0.967. The van der Waals surface area contributed by atoms with Crippen molar-refractivity contribution in [3.05, 3.63) is 24.2 Å². The first-order valence-electron chi connectivity index (χ1n) is 9.97. The third-order valence-electron chi connectivity index (χ3n) is 5.63. The molecule has 0 radical (unpaired) electrons. The molecule has 1 saturated heterocycles. The number of nitrogens with one attached hydrogen (secondary N) is 2. The maximum absolute atomic E-state index is 12.6. The van der Waals surface area contributed by atoms with Crippen LogP contribution >= 0.6 is 0 Å². The SMILES string of the molecule is CC(NC(=O)c1ccoc1)C(=O)NC1CCN(C(=O)C2CCCCC2)CC1. The summed E-state index contributed by atoms with van der Waals surface area (Å²) in [4.78, 5) is 38.9. The summed E-state index contributed by atoms with van der Waals surface area (Å²) < 4.78 is 4.88. The van der Waals surface area contributed by atoms with Gasteiger partial charge in [-0.2, -0.15) is 0 Å². The summed E-state index contributed by atoms with van der Waals surface area (Å²) >= 11 is 0. The molecule has 3 amide bonds. The first-order valence-corrected chi connectivity index (χ1v) is 9.97. The Kier molecular flexibility index (Phi) is 6.53. The Bertz CT molecular complexity index is 644. The number of rotatable bonds is 5. The van der Waals surface area contributed by atoms with Crippen LogP contribution in [0.4, 0.5) is 0 Å². The fraction of sp³-hybridized carbons (Fsp3) is 0.650. The van der Waals surface area contributed by atoms with E-state index in [1.807, 2.05) is 4.90 Å². The van der Waals surface area contributed by atoms with E-state index in [-0.39, 0.29) is 23.8 Å². The molecular formula is C20H29N3O4. The van der Waals surface area contributed by atoms with Gasteiger partial charge in [0.05, 0.1) is 11.8 Å². The Morgan fingerprint density at radius 1 is 1.11 bits per heavy atom. The molecule has 2 fully saturated rings. The zero-order chi connectivity index (χ0) is 19.2. The van der Waals surface area contributed by atoms with Crippen LogP contribution in [0.1, 0.15) is 62.2 Å². The minimum Gasteiger partial charge on any atom is -0.472 e. The quantitative estimate of drug-likeness (QED) is 0.824. The van der Waals surface area contributed by atoms with Crippen molar-refractivity contribution in [3.8, 4) is 0 Å². The lowest BCUT2D eigenvalue weighted by Crippen LogP contribution is -2.52. The molecule has 2 N–H and O–H groups in total. The van der Waals surface area contributed by atoms with Crippen LogP contribution in [0.2, 0.25) is 0 Å². The molecule has 148 valence electrons. The molecule has 1 aromatic rings. The Labute approximate surface area is 159 Å². The van der Waals surface area contributed by atoms with E-state index in [1.54, 1.807) is 13.0 Å². The van der Waals surface area contributed by atoms with E-state index in [0.717, 1.165) is 38.5 Å². The maximum Gasteiger partial charge on any atom is 0.255 e. The maximum atomic E-state index is 12.6. The Balaban J connectivity index is 1.41. The van der Waals surface area contributed by atoms with Crippen LogP contribution in [0.3, 0.4) is 0 Å².